The number of nitrogens with two attached hydrogens (primary N) is 1. The summed E-state index contributed by atoms with van der Waals surface area (Å²) in [4.78, 5) is 0. The number of anilines is 2. The molecule has 2 nitrogen and oxygen atoms in total. The second kappa shape index (κ2) is 5.44. The lowest BCUT2D eigenvalue weighted by molar-refractivity contribution is 0.884. The Balaban J connectivity index is 2.18. The molecule has 0 bridgehead atoms. The van der Waals surface area contributed by atoms with Gasteiger partial charge in [0.25, 0.3) is 0 Å². The van der Waals surface area contributed by atoms with Crippen molar-refractivity contribution in [2.45, 2.75) is 19.9 Å². The quantitative estimate of drug-likeness (QED) is 0.819. The maximum Gasteiger partial charge on any atom is 0.0589 e. The fraction of sp³-hybridized carbons (Fsp3) is 0.200. The van der Waals surface area contributed by atoms with Crippen molar-refractivity contribution in [3.05, 3.63) is 58.1 Å². The fourth-order valence-corrected chi connectivity index (χ4v) is 2.19. The molecule has 3 heteroatoms. The molecule has 2 rings (SSSR count). The first kappa shape index (κ1) is 13.0. The second-order valence-corrected chi connectivity index (χ2v) is 5.42. The Kier molecular flexibility index (Phi) is 3.92. The average molecular weight is 305 g/mol. The summed E-state index contributed by atoms with van der Waals surface area (Å²) in [7, 11) is 0. The minimum atomic E-state index is 0.224. The largest absolute Gasteiger partial charge is 0.397 e. The maximum atomic E-state index is 5.96. The Morgan fingerprint density at radius 2 is 1.78 bits per heavy atom. The Hall–Kier alpha value is -1.48. The standard InChI is InChI=1S/C15H17BrN2/c1-10-3-5-12(6-4-10)11(2)18-15-9-13(16)7-8-14(15)17/h3-9,11,18H,17H2,1-2H3. The molecule has 2 aromatic carbocycles. The van der Waals surface area contributed by atoms with Crippen LogP contribution in [0.25, 0.3) is 0 Å². The van der Waals surface area contributed by atoms with Gasteiger partial charge in [-0.1, -0.05) is 45.8 Å². The minimum absolute atomic E-state index is 0.224. The van der Waals surface area contributed by atoms with Crippen LogP contribution in [0.2, 0.25) is 0 Å². The van der Waals surface area contributed by atoms with Gasteiger partial charge in [-0.2, -0.15) is 0 Å². The van der Waals surface area contributed by atoms with Crippen molar-refractivity contribution in [1.82, 2.24) is 0 Å². The van der Waals surface area contributed by atoms with Crippen molar-refractivity contribution in [1.29, 1.82) is 0 Å². The number of nitrogens with one attached hydrogen (secondary N) is 1. The van der Waals surface area contributed by atoms with Gasteiger partial charge in [0.05, 0.1) is 11.4 Å². The van der Waals surface area contributed by atoms with Crippen LogP contribution in [0.3, 0.4) is 0 Å². The molecule has 1 unspecified atom stereocenters. The number of hydrogen-bond donors (Lipinski definition) is 2. The number of halogens is 1. The summed E-state index contributed by atoms with van der Waals surface area (Å²) in [5.41, 5.74) is 10.2. The zero-order valence-electron chi connectivity index (χ0n) is 10.6. The summed E-state index contributed by atoms with van der Waals surface area (Å²) in [6.45, 7) is 4.22. The Morgan fingerprint density at radius 3 is 2.44 bits per heavy atom. The number of hydrogen-bond acceptors (Lipinski definition) is 2. The zero-order chi connectivity index (χ0) is 13.1. The van der Waals surface area contributed by atoms with Gasteiger partial charge in [0.1, 0.15) is 0 Å². The lowest BCUT2D eigenvalue weighted by atomic mass is 10.1. The third-order valence-electron chi connectivity index (χ3n) is 2.96. The molecular weight excluding hydrogens is 288 g/mol. The summed E-state index contributed by atoms with van der Waals surface area (Å²) in [5.74, 6) is 0. The van der Waals surface area contributed by atoms with Crippen LogP contribution in [0, 0.1) is 6.92 Å². The Morgan fingerprint density at radius 1 is 1.11 bits per heavy atom. The minimum Gasteiger partial charge on any atom is -0.397 e. The molecule has 0 heterocycles. The average Bonchev–Trinajstić information content (AvgIpc) is 2.34. The van der Waals surface area contributed by atoms with E-state index in [2.05, 4.69) is 59.4 Å². The molecule has 2 aromatic rings. The molecule has 0 aliphatic heterocycles. The molecule has 0 spiro atoms. The SMILES string of the molecule is Cc1ccc(C(C)Nc2cc(Br)ccc2N)cc1. The molecule has 18 heavy (non-hydrogen) atoms. The van der Waals surface area contributed by atoms with E-state index in [1.54, 1.807) is 0 Å². The lowest BCUT2D eigenvalue weighted by Gasteiger charge is -2.17. The van der Waals surface area contributed by atoms with Crippen LogP contribution in [0.5, 0.6) is 0 Å². The highest BCUT2D eigenvalue weighted by Gasteiger charge is 2.07. The van der Waals surface area contributed by atoms with Gasteiger partial charge in [-0.05, 0) is 37.6 Å². The summed E-state index contributed by atoms with van der Waals surface area (Å²) < 4.78 is 1.02. The van der Waals surface area contributed by atoms with Gasteiger partial charge in [-0.25, -0.2) is 0 Å². The summed E-state index contributed by atoms with van der Waals surface area (Å²) in [6.07, 6.45) is 0. The summed E-state index contributed by atoms with van der Waals surface area (Å²) >= 11 is 3.46. The Bertz CT molecular complexity index is 535. The topological polar surface area (TPSA) is 38.0 Å². The van der Waals surface area contributed by atoms with Crippen molar-refractivity contribution < 1.29 is 0 Å². The van der Waals surface area contributed by atoms with Crippen molar-refractivity contribution in [3.8, 4) is 0 Å². The molecule has 0 radical (unpaired) electrons. The summed E-state index contributed by atoms with van der Waals surface area (Å²) in [5, 5.41) is 3.43. The second-order valence-electron chi connectivity index (χ2n) is 4.51. The van der Waals surface area contributed by atoms with E-state index in [1.165, 1.54) is 11.1 Å². The van der Waals surface area contributed by atoms with Gasteiger partial charge in [0, 0.05) is 10.5 Å². The van der Waals surface area contributed by atoms with Gasteiger partial charge in [0.2, 0.25) is 0 Å². The zero-order valence-corrected chi connectivity index (χ0v) is 12.2. The van der Waals surface area contributed by atoms with Crippen molar-refractivity contribution in [3.63, 3.8) is 0 Å². The molecule has 94 valence electrons. The summed E-state index contributed by atoms with van der Waals surface area (Å²) in [6, 6.07) is 14.6. The van der Waals surface area contributed by atoms with Crippen molar-refractivity contribution in [2.24, 2.45) is 0 Å². The van der Waals surface area contributed by atoms with E-state index in [0.29, 0.717) is 0 Å². The predicted molar refractivity (Wildman–Crippen MR) is 81.8 cm³/mol. The highest BCUT2D eigenvalue weighted by molar-refractivity contribution is 9.10. The van der Waals surface area contributed by atoms with Gasteiger partial charge >= 0.3 is 0 Å². The van der Waals surface area contributed by atoms with Gasteiger partial charge in [-0.3, -0.25) is 0 Å². The molecule has 0 aliphatic carbocycles. The van der Waals surface area contributed by atoms with Gasteiger partial charge in [0.15, 0.2) is 0 Å². The lowest BCUT2D eigenvalue weighted by Crippen LogP contribution is -2.08. The van der Waals surface area contributed by atoms with E-state index < -0.39 is 0 Å². The van der Waals surface area contributed by atoms with Crippen LogP contribution in [0.1, 0.15) is 24.1 Å². The monoisotopic (exact) mass is 304 g/mol. The van der Waals surface area contributed by atoms with Crippen molar-refractivity contribution >= 4 is 27.3 Å². The van der Waals surface area contributed by atoms with Crippen LogP contribution in [-0.4, -0.2) is 0 Å². The maximum absolute atomic E-state index is 5.96. The van der Waals surface area contributed by atoms with Crippen LogP contribution in [0.4, 0.5) is 11.4 Å². The third kappa shape index (κ3) is 3.05. The van der Waals surface area contributed by atoms with Crippen LogP contribution in [0.15, 0.2) is 46.9 Å². The normalized spacial score (nSPS) is 12.2. The number of aryl methyl sites for hydroxylation is 1. The van der Waals surface area contributed by atoms with E-state index in [-0.39, 0.29) is 6.04 Å². The fourth-order valence-electron chi connectivity index (χ4n) is 1.83. The van der Waals surface area contributed by atoms with E-state index in [9.17, 15) is 0 Å². The molecular formula is C15H17BrN2. The number of benzene rings is 2. The van der Waals surface area contributed by atoms with E-state index in [4.69, 9.17) is 5.73 Å². The third-order valence-corrected chi connectivity index (χ3v) is 3.46. The van der Waals surface area contributed by atoms with Crippen LogP contribution < -0.4 is 11.1 Å². The van der Waals surface area contributed by atoms with Gasteiger partial charge in [-0.15, -0.1) is 0 Å². The highest BCUT2D eigenvalue weighted by atomic mass is 79.9. The first-order valence-electron chi connectivity index (χ1n) is 5.94. The molecule has 1 atom stereocenters. The molecule has 0 aromatic heterocycles. The highest BCUT2D eigenvalue weighted by Crippen LogP contribution is 2.27. The van der Waals surface area contributed by atoms with E-state index in [1.807, 2.05) is 18.2 Å². The molecule has 0 saturated heterocycles. The van der Waals surface area contributed by atoms with E-state index >= 15 is 0 Å². The molecule has 0 fully saturated rings. The van der Waals surface area contributed by atoms with Crippen LogP contribution in [-0.2, 0) is 0 Å². The first-order chi connectivity index (χ1) is 8.56. The number of nitrogen functional groups attached to an aromatic ring is 1. The number of rotatable bonds is 3. The van der Waals surface area contributed by atoms with Gasteiger partial charge < -0.3 is 11.1 Å². The molecule has 3 N–H and O–H groups in total. The molecule has 0 saturated carbocycles. The molecule has 0 amide bonds. The van der Waals surface area contributed by atoms with E-state index in [0.717, 1.165) is 15.8 Å². The Labute approximate surface area is 116 Å². The van der Waals surface area contributed by atoms with Crippen molar-refractivity contribution in [2.75, 3.05) is 11.1 Å². The molecule has 0 aliphatic rings. The smallest absolute Gasteiger partial charge is 0.0589 e. The van der Waals surface area contributed by atoms with Crippen LogP contribution >= 0.6 is 15.9 Å². The predicted octanol–water partition coefficient (Wildman–Crippen LogP) is 4.51. The first-order valence-corrected chi connectivity index (χ1v) is 6.73.